The van der Waals surface area contributed by atoms with Gasteiger partial charge in [0.15, 0.2) is 5.76 Å². The molecule has 0 saturated heterocycles. The number of aliphatic carboxylic acids is 1. The zero-order valence-corrected chi connectivity index (χ0v) is 22.0. The lowest BCUT2D eigenvalue weighted by atomic mass is 9.73. The molecule has 0 bridgehead atoms. The lowest BCUT2D eigenvalue weighted by molar-refractivity contribution is -0.140. The van der Waals surface area contributed by atoms with Crippen molar-refractivity contribution in [3.63, 3.8) is 0 Å². The van der Waals surface area contributed by atoms with Crippen LogP contribution < -0.4 is 0 Å². The average molecular weight is 506 g/mol. The number of carboxylic acid groups (broad SMARTS) is 1. The minimum absolute atomic E-state index is 0.638. The molecule has 0 spiro atoms. The predicted molar refractivity (Wildman–Crippen MR) is 150 cm³/mol. The van der Waals surface area contributed by atoms with Crippen LogP contribution in [0.15, 0.2) is 83.4 Å². The molecular formula is C34H35NO3. The van der Waals surface area contributed by atoms with Gasteiger partial charge in [-0.3, -0.25) is 4.79 Å². The molecule has 2 aliphatic rings. The fraction of sp³-hybridized carbons (Fsp3) is 0.353. The molecule has 2 saturated carbocycles. The van der Waals surface area contributed by atoms with Crippen LogP contribution in [0.2, 0.25) is 0 Å². The van der Waals surface area contributed by atoms with E-state index >= 15 is 0 Å². The lowest BCUT2D eigenvalue weighted by Crippen LogP contribution is -2.24. The van der Waals surface area contributed by atoms with Gasteiger partial charge in [0, 0.05) is 11.1 Å². The van der Waals surface area contributed by atoms with E-state index in [2.05, 4.69) is 66.7 Å². The van der Waals surface area contributed by atoms with E-state index in [1.807, 2.05) is 24.3 Å². The SMILES string of the molecule is Cc1noc(-c2ccc(-c3ccc(C4(C(=O)O)CC4)cc3)cc2)c1CC1CCCCC1Cc1ccccc1. The summed E-state index contributed by atoms with van der Waals surface area (Å²) in [6, 6.07) is 27.4. The Hall–Kier alpha value is -3.66. The van der Waals surface area contributed by atoms with Crippen molar-refractivity contribution in [2.24, 2.45) is 11.8 Å². The van der Waals surface area contributed by atoms with Crippen molar-refractivity contribution in [1.82, 2.24) is 5.16 Å². The van der Waals surface area contributed by atoms with Crippen LogP contribution in [0, 0.1) is 18.8 Å². The first-order valence-electron chi connectivity index (χ1n) is 14.0. The topological polar surface area (TPSA) is 63.3 Å². The second-order valence-electron chi connectivity index (χ2n) is 11.3. The molecule has 1 N–H and O–H groups in total. The van der Waals surface area contributed by atoms with Gasteiger partial charge in [-0.2, -0.15) is 0 Å². The molecule has 3 aromatic carbocycles. The number of aromatic nitrogens is 1. The maximum absolute atomic E-state index is 11.7. The second kappa shape index (κ2) is 10.2. The van der Waals surface area contributed by atoms with Crippen LogP contribution in [-0.2, 0) is 23.1 Å². The van der Waals surface area contributed by atoms with Crippen molar-refractivity contribution in [3.05, 3.63) is 101 Å². The van der Waals surface area contributed by atoms with Gasteiger partial charge >= 0.3 is 5.97 Å². The van der Waals surface area contributed by atoms with Gasteiger partial charge in [-0.15, -0.1) is 0 Å². The minimum atomic E-state index is -0.715. The Morgan fingerprint density at radius 3 is 2.03 bits per heavy atom. The molecular weight excluding hydrogens is 470 g/mol. The number of rotatable bonds is 8. The molecule has 0 amide bonds. The molecule has 1 heterocycles. The highest BCUT2D eigenvalue weighted by Crippen LogP contribution is 2.48. The molecule has 2 unspecified atom stereocenters. The van der Waals surface area contributed by atoms with Crippen molar-refractivity contribution in [3.8, 4) is 22.5 Å². The molecule has 4 aromatic rings. The summed E-state index contributed by atoms with van der Waals surface area (Å²) < 4.78 is 5.90. The smallest absolute Gasteiger partial charge is 0.314 e. The number of carbonyl (C=O) groups is 1. The fourth-order valence-electron chi connectivity index (χ4n) is 6.40. The Bertz CT molecular complexity index is 1400. The summed E-state index contributed by atoms with van der Waals surface area (Å²) in [6.07, 6.45) is 8.79. The van der Waals surface area contributed by atoms with Crippen molar-refractivity contribution in [2.75, 3.05) is 0 Å². The minimum Gasteiger partial charge on any atom is -0.481 e. The molecule has 38 heavy (non-hydrogen) atoms. The number of hydrogen-bond acceptors (Lipinski definition) is 3. The molecule has 0 radical (unpaired) electrons. The van der Waals surface area contributed by atoms with E-state index in [0.29, 0.717) is 11.8 Å². The average Bonchev–Trinajstić information content (AvgIpc) is 3.70. The van der Waals surface area contributed by atoms with Crippen LogP contribution in [-0.4, -0.2) is 16.2 Å². The van der Waals surface area contributed by atoms with Crippen LogP contribution in [0.25, 0.3) is 22.5 Å². The number of nitrogens with zero attached hydrogens (tertiary/aromatic N) is 1. The molecule has 0 aliphatic heterocycles. The van der Waals surface area contributed by atoms with Gasteiger partial charge in [0.2, 0.25) is 0 Å². The highest BCUT2D eigenvalue weighted by atomic mass is 16.5. The van der Waals surface area contributed by atoms with Gasteiger partial charge in [-0.05, 0) is 79.5 Å². The van der Waals surface area contributed by atoms with Crippen molar-refractivity contribution >= 4 is 5.97 Å². The normalized spacial score (nSPS) is 20.2. The van der Waals surface area contributed by atoms with E-state index in [4.69, 9.17) is 4.52 Å². The molecule has 194 valence electrons. The molecule has 1 aromatic heterocycles. The Morgan fingerprint density at radius 1 is 0.842 bits per heavy atom. The summed E-state index contributed by atoms with van der Waals surface area (Å²) in [5, 5.41) is 14.0. The van der Waals surface area contributed by atoms with E-state index in [0.717, 1.165) is 59.4 Å². The number of benzene rings is 3. The Labute approximate surface area is 224 Å². The first-order chi connectivity index (χ1) is 18.5. The summed E-state index contributed by atoms with van der Waals surface area (Å²) in [5.74, 6) is 1.51. The zero-order valence-electron chi connectivity index (χ0n) is 22.0. The van der Waals surface area contributed by atoms with Crippen molar-refractivity contribution in [2.45, 2.75) is 63.7 Å². The third kappa shape index (κ3) is 4.80. The number of carboxylic acids is 1. The maximum atomic E-state index is 11.7. The van der Waals surface area contributed by atoms with Crippen LogP contribution in [0.4, 0.5) is 0 Å². The lowest BCUT2D eigenvalue weighted by Gasteiger charge is -2.32. The molecule has 2 fully saturated rings. The van der Waals surface area contributed by atoms with Crippen LogP contribution >= 0.6 is 0 Å². The third-order valence-corrected chi connectivity index (χ3v) is 8.94. The van der Waals surface area contributed by atoms with Crippen LogP contribution in [0.5, 0.6) is 0 Å². The van der Waals surface area contributed by atoms with Gasteiger partial charge in [-0.1, -0.05) is 96.9 Å². The molecule has 6 rings (SSSR count). The Kier molecular flexibility index (Phi) is 6.65. The predicted octanol–water partition coefficient (Wildman–Crippen LogP) is 8.02. The first kappa shape index (κ1) is 24.7. The Balaban J connectivity index is 1.20. The van der Waals surface area contributed by atoms with E-state index in [1.54, 1.807) is 0 Å². The van der Waals surface area contributed by atoms with Gasteiger partial charge in [-0.25, -0.2) is 0 Å². The summed E-state index contributed by atoms with van der Waals surface area (Å²) in [5.41, 5.74) is 7.16. The summed E-state index contributed by atoms with van der Waals surface area (Å²) >= 11 is 0. The van der Waals surface area contributed by atoms with Crippen molar-refractivity contribution < 1.29 is 14.4 Å². The monoisotopic (exact) mass is 505 g/mol. The molecule has 4 heteroatoms. The van der Waals surface area contributed by atoms with E-state index in [-0.39, 0.29) is 0 Å². The zero-order chi connectivity index (χ0) is 26.1. The quantitative estimate of drug-likeness (QED) is 0.263. The van der Waals surface area contributed by atoms with E-state index < -0.39 is 11.4 Å². The van der Waals surface area contributed by atoms with Gasteiger partial charge in [0.1, 0.15) is 0 Å². The fourth-order valence-corrected chi connectivity index (χ4v) is 6.40. The maximum Gasteiger partial charge on any atom is 0.314 e. The van der Waals surface area contributed by atoms with Crippen LogP contribution in [0.3, 0.4) is 0 Å². The third-order valence-electron chi connectivity index (χ3n) is 8.94. The standard InChI is InChI=1S/C34H35NO3/c1-23-31(22-29-10-6-5-9-28(29)21-24-7-3-2-4-8-24)32(38-35-23)27-13-11-25(12-14-27)26-15-17-30(18-16-26)34(19-20-34)33(36)37/h2-4,7-8,11-18,28-29H,5-6,9-10,19-22H2,1H3,(H,36,37). The summed E-state index contributed by atoms with van der Waals surface area (Å²) in [7, 11) is 0. The largest absolute Gasteiger partial charge is 0.481 e. The van der Waals surface area contributed by atoms with E-state index in [9.17, 15) is 9.90 Å². The molecule has 4 nitrogen and oxygen atoms in total. The highest BCUT2D eigenvalue weighted by molar-refractivity contribution is 5.85. The van der Waals surface area contributed by atoms with Gasteiger partial charge < -0.3 is 9.63 Å². The Morgan fingerprint density at radius 2 is 1.42 bits per heavy atom. The van der Waals surface area contributed by atoms with Gasteiger partial charge in [0.25, 0.3) is 0 Å². The number of aryl methyl sites for hydroxylation is 1. The van der Waals surface area contributed by atoms with Gasteiger partial charge in [0.05, 0.1) is 11.1 Å². The first-order valence-corrected chi connectivity index (χ1v) is 14.0. The summed E-state index contributed by atoms with van der Waals surface area (Å²) in [6.45, 7) is 2.07. The van der Waals surface area contributed by atoms with E-state index in [1.165, 1.54) is 36.8 Å². The van der Waals surface area contributed by atoms with Crippen LogP contribution in [0.1, 0.15) is 60.9 Å². The molecule has 2 aliphatic carbocycles. The summed E-state index contributed by atoms with van der Waals surface area (Å²) in [4.78, 5) is 11.7. The highest BCUT2D eigenvalue weighted by Gasteiger charge is 2.51. The molecule has 2 atom stereocenters. The number of hydrogen-bond donors (Lipinski definition) is 1. The van der Waals surface area contributed by atoms with Crippen molar-refractivity contribution in [1.29, 1.82) is 0 Å². The second-order valence-corrected chi connectivity index (χ2v) is 11.3.